The zero-order valence-electron chi connectivity index (χ0n) is 10.4. The molecular weight excluding hydrogens is 216 g/mol. The van der Waals surface area contributed by atoms with Crippen LogP contribution in [0.3, 0.4) is 0 Å². The van der Waals surface area contributed by atoms with Crippen LogP contribution >= 0.6 is 0 Å². The number of nitrogens with zero attached hydrogens (tertiary/aromatic N) is 2. The third-order valence-electron chi connectivity index (χ3n) is 2.83. The van der Waals surface area contributed by atoms with E-state index in [4.69, 9.17) is 0 Å². The third-order valence-corrected chi connectivity index (χ3v) is 2.83. The molecule has 5 heteroatoms. The molecule has 1 aromatic rings. The predicted molar refractivity (Wildman–Crippen MR) is 66.8 cm³/mol. The van der Waals surface area contributed by atoms with E-state index < -0.39 is 0 Å². The van der Waals surface area contributed by atoms with Crippen molar-refractivity contribution in [3.8, 4) is 0 Å². The summed E-state index contributed by atoms with van der Waals surface area (Å²) in [4.78, 5) is 11.6. The first kappa shape index (κ1) is 12.1. The van der Waals surface area contributed by atoms with Crippen molar-refractivity contribution in [3.63, 3.8) is 0 Å². The molecule has 0 spiro atoms. The van der Waals surface area contributed by atoms with Crippen molar-refractivity contribution in [1.29, 1.82) is 0 Å². The lowest BCUT2D eigenvalue weighted by atomic mass is 10.4. The maximum atomic E-state index is 11.6. The van der Waals surface area contributed by atoms with Gasteiger partial charge in [-0.2, -0.15) is 5.10 Å². The van der Waals surface area contributed by atoms with Gasteiger partial charge in [0.1, 0.15) is 0 Å². The first-order valence-electron chi connectivity index (χ1n) is 6.20. The van der Waals surface area contributed by atoms with Gasteiger partial charge in [0.25, 0.3) is 0 Å². The summed E-state index contributed by atoms with van der Waals surface area (Å²) >= 11 is 0. The fourth-order valence-corrected chi connectivity index (χ4v) is 1.60. The van der Waals surface area contributed by atoms with Crippen LogP contribution in [-0.4, -0.2) is 28.8 Å². The molecule has 0 aromatic carbocycles. The number of anilines is 1. The second-order valence-electron chi connectivity index (χ2n) is 4.93. The number of carbonyl (C=O) groups is 1. The van der Waals surface area contributed by atoms with E-state index in [1.165, 1.54) is 12.8 Å². The van der Waals surface area contributed by atoms with Gasteiger partial charge in [0.15, 0.2) is 0 Å². The van der Waals surface area contributed by atoms with Crippen LogP contribution in [0.25, 0.3) is 0 Å². The summed E-state index contributed by atoms with van der Waals surface area (Å²) in [5.74, 6) is 0.792. The van der Waals surface area contributed by atoms with Crippen LogP contribution in [-0.2, 0) is 4.79 Å². The van der Waals surface area contributed by atoms with Gasteiger partial charge in [-0.05, 0) is 39.2 Å². The highest BCUT2D eigenvalue weighted by molar-refractivity contribution is 5.91. The Balaban J connectivity index is 1.72. The van der Waals surface area contributed by atoms with Gasteiger partial charge in [-0.1, -0.05) is 0 Å². The molecule has 1 aromatic heterocycles. The van der Waals surface area contributed by atoms with Crippen molar-refractivity contribution in [2.24, 2.45) is 5.92 Å². The van der Waals surface area contributed by atoms with E-state index in [0.29, 0.717) is 12.6 Å². The van der Waals surface area contributed by atoms with Gasteiger partial charge in [0.2, 0.25) is 5.91 Å². The molecule has 2 N–H and O–H groups in total. The Kier molecular flexibility index (Phi) is 3.78. The fraction of sp³-hybridized carbons (Fsp3) is 0.667. The minimum atomic E-state index is -0.00560. The SMILES string of the molecule is CC(C)n1cc(NC(=O)CNCC2CC2)cn1. The van der Waals surface area contributed by atoms with Crippen LogP contribution in [0, 0.1) is 5.92 Å². The molecule has 0 unspecified atom stereocenters. The molecule has 1 fully saturated rings. The molecule has 0 saturated heterocycles. The molecule has 1 amide bonds. The Morgan fingerprint density at radius 1 is 1.59 bits per heavy atom. The molecule has 1 saturated carbocycles. The Morgan fingerprint density at radius 3 is 2.94 bits per heavy atom. The Bertz CT molecular complexity index is 382. The second-order valence-corrected chi connectivity index (χ2v) is 4.93. The standard InChI is InChI=1S/C12H20N4O/c1-9(2)16-8-11(6-14-16)15-12(17)7-13-5-10-3-4-10/h6,8-10,13H,3-5,7H2,1-2H3,(H,15,17). The molecular formula is C12H20N4O. The average Bonchev–Trinajstić information content (AvgIpc) is 2.96. The molecule has 0 bridgehead atoms. The summed E-state index contributed by atoms with van der Waals surface area (Å²) in [6, 6.07) is 0.314. The lowest BCUT2D eigenvalue weighted by Crippen LogP contribution is -2.29. The topological polar surface area (TPSA) is 59.0 Å². The monoisotopic (exact) mass is 236 g/mol. The molecule has 1 aliphatic carbocycles. The van der Waals surface area contributed by atoms with Gasteiger partial charge in [-0.3, -0.25) is 9.48 Å². The van der Waals surface area contributed by atoms with Crippen LogP contribution in [0.5, 0.6) is 0 Å². The summed E-state index contributed by atoms with van der Waals surface area (Å²) in [6.45, 7) is 5.44. The van der Waals surface area contributed by atoms with Crippen molar-refractivity contribution in [1.82, 2.24) is 15.1 Å². The zero-order chi connectivity index (χ0) is 12.3. The Labute approximate surface area is 102 Å². The number of rotatable bonds is 6. The van der Waals surface area contributed by atoms with Gasteiger partial charge < -0.3 is 10.6 Å². The molecule has 1 heterocycles. The summed E-state index contributed by atoms with van der Waals surface area (Å²) in [6.07, 6.45) is 6.13. The van der Waals surface area contributed by atoms with E-state index in [-0.39, 0.29) is 5.91 Å². The Morgan fingerprint density at radius 2 is 2.35 bits per heavy atom. The average molecular weight is 236 g/mol. The number of hydrogen-bond acceptors (Lipinski definition) is 3. The van der Waals surface area contributed by atoms with E-state index in [1.807, 2.05) is 10.9 Å². The molecule has 17 heavy (non-hydrogen) atoms. The largest absolute Gasteiger partial charge is 0.322 e. The van der Waals surface area contributed by atoms with Gasteiger partial charge in [0.05, 0.1) is 18.4 Å². The number of hydrogen-bond donors (Lipinski definition) is 2. The quantitative estimate of drug-likeness (QED) is 0.785. The highest BCUT2D eigenvalue weighted by atomic mass is 16.1. The summed E-state index contributed by atoms with van der Waals surface area (Å²) in [7, 11) is 0. The van der Waals surface area contributed by atoms with Gasteiger partial charge in [0, 0.05) is 12.2 Å². The van der Waals surface area contributed by atoms with Crippen molar-refractivity contribution >= 4 is 11.6 Å². The minimum Gasteiger partial charge on any atom is -0.322 e. The first-order valence-corrected chi connectivity index (χ1v) is 6.20. The first-order chi connectivity index (χ1) is 8.15. The lowest BCUT2D eigenvalue weighted by molar-refractivity contribution is -0.115. The predicted octanol–water partition coefficient (Wildman–Crippen LogP) is 1.40. The zero-order valence-corrected chi connectivity index (χ0v) is 10.4. The van der Waals surface area contributed by atoms with E-state index in [2.05, 4.69) is 29.6 Å². The minimum absolute atomic E-state index is 0.00560. The number of nitrogens with one attached hydrogen (secondary N) is 2. The summed E-state index contributed by atoms with van der Waals surface area (Å²) in [5, 5.41) is 10.2. The number of amides is 1. The maximum Gasteiger partial charge on any atom is 0.238 e. The molecule has 0 radical (unpaired) electrons. The number of aromatic nitrogens is 2. The highest BCUT2D eigenvalue weighted by Crippen LogP contribution is 2.27. The van der Waals surface area contributed by atoms with Crippen LogP contribution in [0.15, 0.2) is 12.4 Å². The summed E-state index contributed by atoms with van der Waals surface area (Å²) < 4.78 is 1.83. The van der Waals surface area contributed by atoms with Crippen molar-refractivity contribution in [3.05, 3.63) is 12.4 Å². The highest BCUT2D eigenvalue weighted by Gasteiger charge is 2.20. The number of carbonyl (C=O) groups excluding carboxylic acids is 1. The second kappa shape index (κ2) is 5.31. The van der Waals surface area contributed by atoms with Crippen LogP contribution in [0.1, 0.15) is 32.7 Å². The lowest BCUT2D eigenvalue weighted by Gasteiger charge is -2.05. The van der Waals surface area contributed by atoms with Gasteiger partial charge in [-0.25, -0.2) is 0 Å². The maximum absolute atomic E-state index is 11.6. The van der Waals surface area contributed by atoms with Crippen molar-refractivity contribution in [2.45, 2.75) is 32.7 Å². The third kappa shape index (κ3) is 3.85. The van der Waals surface area contributed by atoms with E-state index in [0.717, 1.165) is 18.2 Å². The van der Waals surface area contributed by atoms with Crippen LogP contribution < -0.4 is 10.6 Å². The Hall–Kier alpha value is -1.36. The fourth-order valence-electron chi connectivity index (χ4n) is 1.60. The molecule has 0 atom stereocenters. The van der Waals surface area contributed by atoms with Crippen LogP contribution in [0.2, 0.25) is 0 Å². The smallest absolute Gasteiger partial charge is 0.238 e. The molecule has 2 rings (SSSR count). The summed E-state index contributed by atoms with van der Waals surface area (Å²) in [5.41, 5.74) is 0.761. The van der Waals surface area contributed by atoms with Crippen molar-refractivity contribution in [2.75, 3.05) is 18.4 Å². The van der Waals surface area contributed by atoms with E-state index in [1.54, 1.807) is 6.20 Å². The van der Waals surface area contributed by atoms with Gasteiger partial charge in [-0.15, -0.1) is 0 Å². The van der Waals surface area contributed by atoms with Crippen molar-refractivity contribution < 1.29 is 4.79 Å². The van der Waals surface area contributed by atoms with Gasteiger partial charge >= 0.3 is 0 Å². The molecule has 0 aliphatic heterocycles. The normalized spacial score (nSPS) is 15.2. The van der Waals surface area contributed by atoms with E-state index >= 15 is 0 Å². The molecule has 94 valence electrons. The van der Waals surface area contributed by atoms with E-state index in [9.17, 15) is 4.79 Å². The van der Waals surface area contributed by atoms with Crippen LogP contribution in [0.4, 0.5) is 5.69 Å². The molecule has 1 aliphatic rings. The molecule has 5 nitrogen and oxygen atoms in total.